The Kier molecular flexibility index (Phi) is 10.7. The molecular weight excluding hydrogens is 572 g/mol. The monoisotopic (exact) mass is 612 g/mol. The van der Waals surface area contributed by atoms with Crippen molar-refractivity contribution < 1.29 is 24.5 Å². The number of nitrogens with zero attached hydrogens (tertiary/aromatic N) is 4. The number of amides is 1. The Balaban J connectivity index is 1.53. The van der Waals surface area contributed by atoms with Crippen LogP contribution in [0.25, 0.3) is 10.4 Å². The SMILES string of the molecule is [N-]=[N+]=NCc1ccccc1[C@@H]1OC(c2ccc(OCCCO)cc2)=N[C@]1(Cc1ccccc1)C(=O)NNCC1(O)CCCCC1. The highest BCUT2D eigenvalue weighted by atomic mass is 16.5. The molecule has 3 aromatic rings. The maximum absolute atomic E-state index is 14.4. The van der Waals surface area contributed by atoms with E-state index in [1.165, 1.54) is 0 Å². The van der Waals surface area contributed by atoms with Gasteiger partial charge in [-0.1, -0.05) is 79.0 Å². The van der Waals surface area contributed by atoms with Crippen LogP contribution in [0, 0.1) is 0 Å². The zero-order valence-corrected chi connectivity index (χ0v) is 25.3. The molecule has 1 aliphatic heterocycles. The number of ether oxygens (including phenoxy) is 2. The third-order valence-electron chi connectivity index (χ3n) is 8.39. The summed E-state index contributed by atoms with van der Waals surface area (Å²) in [6.07, 6.45) is 4.21. The van der Waals surface area contributed by atoms with Gasteiger partial charge in [0.2, 0.25) is 5.90 Å². The molecule has 0 saturated heterocycles. The number of rotatable bonds is 14. The number of hydrazine groups is 1. The first-order chi connectivity index (χ1) is 22.0. The van der Waals surface area contributed by atoms with Gasteiger partial charge < -0.3 is 19.7 Å². The number of azide groups is 1. The fourth-order valence-corrected chi connectivity index (χ4v) is 5.99. The van der Waals surface area contributed by atoms with Gasteiger partial charge in [-0.15, -0.1) is 0 Å². The van der Waals surface area contributed by atoms with Gasteiger partial charge in [-0.3, -0.25) is 10.2 Å². The van der Waals surface area contributed by atoms with E-state index in [4.69, 9.17) is 25.1 Å². The van der Waals surface area contributed by atoms with Crippen molar-refractivity contribution in [3.8, 4) is 5.75 Å². The fourth-order valence-electron chi connectivity index (χ4n) is 5.99. The molecule has 0 radical (unpaired) electrons. The van der Waals surface area contributed by atoms with E-state index in [0.29, 0.717) is 42.7 Å². The maximum atomic E-state index is 14.4. The van der Waals surface area contributed by atoms with Gasteiger partial charge in [-0.25, -0.2) is 10.4 Å². The van der Waals surface area contributed by atoms with Crippen molar-refractivity contribution in [1.82, 2.24) is 10.9 Å². The maximum Gasteiger partial charge on any atom is 0.266 e. The van der Waals surface area contributed by atoms with Crippen LogP contribution in [0.4, 0.5) is 0 Å². The Morgan fingerprint density at radius 2 is 1.78 bits per heavy atom. The summed E-state index contributed by atoms with van der Waals surface area (Å²) in [5.74, 6) is 0.519. The number of nitrogens with one attached hydrogen (secondary N) is 2. The van der Waals surface area contributed by atoms with Crippen LogP contribution in [0.2, 0.25) is 0 Å². The van der Waals surface area contributed by atoms with Crippen LogP contribution in [-0.4, -0.2) is 52.9 Å². The van der Waals surface area contributed by atoms with Crippen molar-refractivity contribution in [1.29, 1.82) is 0 Å². The Labute approximate surface area is 262 Å². The highest BCUT2D eigenvalue weighted by Crippen LogP contribution is 2.43. The van der Waals surface area contributed by atoms with Crippen molar-refractivity contribution in [3.05, 3.63) is 112 Å². The molecule has 0 aromatic heterocycles. The Hall–Kier alpha value is -4.41. The molecule has 1 saturated carbocycles. The third kappa shape index (κ3) is 7.82. The average Bonchev–Trinajstić information content (AvgIpc) is 3.45. The standard InChI is InChI=1S/C34H40N6O5/c35-40-36-23-27-12-5-6-13-29(27)30-34(22-25-10-3-1-4-11-25,32(42)39-37-24-33(43)18-7-2-8-19-33)38-31(45-30)26-14-16-28(17-15-26)44-21-9-20-41/h1,3-6,10-17,30,37,41,43H,2,7-9,18-24H2,(H,39,42)/t30-,34-/m0/s1. The number of benzene rings is 3. The van der Waals surface area contributed by atoms with Gasteiger partial charge in [0.1, 0.15) is 5.75 Å². The second kappa shape index (κ2) is 15.0. The molecule has 1 fully saturated rings. The molecule has 3 aromatic carbocycles. The van der Waals surface area contributed by atoms with Crippen LogP contribution < -0.4 is 15.6 Å². The average molecular weight is 613 g/mol. The van der Waals surface area contributed by atoms with Crippen molar-refractivity contribution >= 4 is 11.8 Å². The summed E-state index contributed by atoms with van der Waals surface area (Å²) >= 11 is 0. The minimum atomic E-state index is -1.46. The first-order valence-electron chi connectivity index (χ1n) is 15.5. The summed E-state index contributed by atoms with van der Waals surface area (Å²) in [6.45, 7) is 0.730. The molecule has 0 unspecified atom stereocenters. The van der Waals surface area contributed by atoms with E-state index in [-0.39, 0.29) is 32.0 Å². The van der Waals surface area contributed by atoms with Gasteiger partial charge in [0.25, 0.3) is 5.91 Å². The molecule has 0 bridgehead atoms. The van der Waals surface area contributed by atoms with Crippen LogP contribution >= 0.6 is 0 Å². The molecule has 2 atom stereocenters. The predicted molar refractivity (Wildman–Crippen MR) is 170 cm³/mol. The summed E-state index contributed by atoms with van der Waals surface area (Å²) in [5, 5.41) is 23.9. The Morgan fingerprint density at radius 3 is 2.51 bits per heavy atom. The lowest BCUT2D eigenvalue weighted by Crippen LogP contribution is -2.56. The molecule has 0 spiro atoms. The topological polar surface area (TPSA) is 161 Å². The fraction of sp³-hybridized carbons (Fsp3) is 0.412. The number of aliphatic imine (C=N–C) groups is 1. The molecule has 5 rings (SSSR count). The van der Waals surface area contributed by atoms with Gasteiger partial charge in [0, 0.05) is 36.5 Å². The molecular formula is C34H40N6O5. The van der Waals surface area contributed by atoms with E-state index in [2.05, 4.69) is 20.9 Å². The molecule has 1 amide bonds. The van der Waals surface area contributed by atoms with Crippen molar-refractivity contribution in [3.63, 3.8) is 0 Å². The van der Waals surface area contributed by atoms with Crippen molar-refractivity contribution in [2.75, 3.05) is 19.8 Å². The minimum Gasteiger partial charge on any atom is -0.494 e. The zero-order chi connectivity index (χ0) is 31.5. The second-order valence-corrected chi connectivity index (χ2v) is 11.6. The van der Waals surface area contributed by atoms with E-state index in [0.717, 1.165) is 30.4 Å². The van der Waals surface area contributed by atoms with Gasteiger partial charge in [-0.2, -0.15) is 0 Å². The van der Waals surface area contributed by atoms with Crippen LogP contribution in [0.5, 0.6) is 5.75 Å². The van der Waals surface area contributed by atoms with Gasteiger partial charge in [-0.05, 0) is 59.3 Å². The van der Waals surface area contributed by atoms with E-state index in [1.807, 2.05) is 66.7 Å². The molecule has 11 heteroatoms. The zero-order valence-electron chi connectivity index (χ0n) is 25.3. The molecule has 1 aliphatic carbocycles. The number of hydrogen-bond donors (Lipinski definition) is 4. The first-order valence-corrected chi connectivity index (χ1v) is 15.5. The number of carbonyl (C=O) groups is 1. The lowest BCUT2D eigenvalue weighted by atomic mass is 9.80. The van der Waals surface area contributed by atoms with Crippen LogP contribution in [0.1, 0.15) is 66.9 Å². The summed E-state index contributed by atoms with van der Waals surface area (Å²) in [4.78, 5) is 22.4. The van der Waals surface area contributed by atoms with E-state index >= 15 is 0 Å². The van der Waals surface area contributed by atoms with Crippen LogP contribution in [0.3, 0.4) is 0 Å². The molecule has 11 nitrogen and oxygen atoms in total. The smallest absolute Gasteiger partial charge is 0.266 e. The highest BCUT2D eigenvalue weighted by Gasteiger charge is 2.54. The largest absolute Gasteiger partial charge is 0.494 e. The highest BCUT2D eigenvalue weighted by molar-refractivity contribution is 6.01. The molecule has 45 heavy (non-hydrogen) atoms. The van der Waals surface area contributed by atoms with Gasteiger partial charge in [0.05, 0.1) is 18.8 Å². The predicted octanol–water partition coefficient (Wildman–Crippen LogP) is 5.07. The summed E-state index contributed by atoms with van der Waals surface area (Å²) in [6, 6.07) is 24.3. The summed E-state index contributed by atoms with van der Waals surface area (Å²) in [7, 11) is 0. The van der Waals surface area contributed by atoms with Gasteiger partial charge >= 0.3 is 0 Å². The lowest BCUT2D eigenvalue weighted by molar-refractivity contribution is -0.130. The van der Waals surface area contributed by atoms with E-state index in [1.54, 1.807) is 12.1 Å². The Morgan fingerprint density at radius 1 is 1.04 bits per heavy atom. The van der Waals surface area contributed by atoms with E-state index in [9.17, 15) is 9.90 Å². The lowest BCUT2D eigenvalue weighted by Gasteiger charge is -2.34. The number of aliphatic hydroxyl groups is 2. The first kappa shape index (κ1) is 32.0. The quantitative estimate of drug-likeness (QED) is 0.0653. The van der Waals surface area contributed by atoms with E-state index < -0.39 is 23.2 Å². The summed E-state index contributed by atoms with van der Waals surface area (Å²) < 4.78 is 12.3. The molecule has 1 heterocycles. The molecule has 4 N–H and O–H groups in total. The van der Waals surface area contributed by atoms with Crippen LogP contribution in [0.15, 0.2) is 89.0 Å². The van der Waals surface area contributed by atoms with Crippen molar-refractivity contribution in [2.45, 2.75) is 68.7 Å². The number of carbonyl (C=O) groups excluding carboxylic acids is 1. The third-order valence-corrected chi connectivity index (χ3v) is 8.39. The second-order valence-electron chi connectivity index (χ2n) is 11.6. The number of aliphatic hydroxyl groups excluding tert-OH is 1. The molecule has 2 aliphatic rings. The molecule has 236 valence electrons. The number of hydrogen-bond acceptors (Lipinski definition) is 8. The minimum absolute atomic E-state index is 0.0466. The van der Waals surface area contributed by atoms with Crippen LogP contribution in [-0.2, 0) is 22.5 Å². The normalized spacial score (nSPS) is 20.4. The van der Waals surface area contributed by atoms with Crippen molar-refractivity contribution in [2.24, 2.45) is 10.1 Å². The Bertz CT molecular complexity index is 1500. The van der Waals surface area contributed by atoms with Gasteiger partial charge in [0.15, 0.2) is 11.6 Å². The summed E-state index contributed by atoms with van der Waals surface area (Å²) in [5.41, 5.74) is 15.6.